The fraction of sp³-hybridized carbons (Fsp3) is 0.235. The van der Waals surface area contributed by atoms with Crippen LogP contribution in [0, 0.1) is 12.7 Å². The van der Waals surface area contributed by atoms with Crippen molar-refractivity contribution in [3.05, 3.63) is 48.0 Å². The Balaban J connectivity index is 1.60. The van der Waals surface area contributed by atoms with E-state index in [2.05, 4.69) is 25.2 Å². The second-order valence-electron chi connectivity index (χ2n) is 5.86. The summed E-state index contributed by atoms with van der Waals surface area (Å²) in [6.45, 7) is 3.66. The van der Waals surface area contributed by atoms with Crippen molar-refractivity contribution in [1.82, 2.24) is 29.9 Å². The molecule has 0 N–H and O–H groups in total. The quantitative estimate of drug-likeness (QED) is 0.400. The van der Waals surface area contributed by atoms with E-state index in [1.165, 1.54) is 24.2 Å². The number of hydrogen-bond acceptors (Lipinski definition) is 7. The van der Waals surface area contributed by atoms with Crippen molar-refractivity contribution < 1.29 is 8.91 Å². The Morgan fingerprint density at radius 1 is 1.27 bits per heavy atom. The van der Waals surface area contributed by atoms with Gasteiger partial charge in [-0.05, 0) is 25.5 Å². The zero-order valence-electron chi connectivity index (χ0n) is 14.3. The van der Waals surface area contributed by atoms with Gasteiger partial charge in [0.05, 0.1) is 16.8 Å². The highest BCUT2D eigenvalue weighted by atomic mass is 32.2. The van der Waals surface area contributed by atoms with Crippen LogP contribution >= 0.6 is 11.8 Å². The molecular formula is C17H15FN6OS. The summed E-state index contributed by atoms with van der Waals surface area (Å²) in [6.07, 6.45) is 3.24. The molecule has 0 bridgehead atoms. The standard InChI is InChI=1S/C17H15FN6OS/c1-9-4-5-11(6-13(9)18)14-22-16(25-23-14)10(2)26-17-12-7-21-24(3)15(12)19-8-20-17/h4-8,10H,1-3H3. The lowest BCUT2D eigenvalue weighted by molar-refractivity contribution is 0.380. The maximum absolute atomic E-state index is 13.8. The van der Waals surface area contributed by atoms with Crippen molar-refractivity contribution in [3.8, 4) is 11.4 Å². The smallest absolute Gasteiger partial charge is 0.240 e. The lowest BCUT2D eigenvalue weighted by Gasteiger charge is -2.06. The number of aromatic nitrogens is 6. The average Bonchev–Trinajstić information content (AvgIpc) is 3.26. The Morgan fingerprint density at radius 2 is 2.12 bits per heavy atom. The SMILES string of the molecule is Cc1ccc(-c2noc(C(C)Sc3ncnc4c3cnn4C)n2)cc1F. The van der Waals surface area contributed by atoms with Crippen LogP contribution in [0.5, 0.6) is 0 Å². The number of aryl methyl sites for hydroxylation is 2. The van der Waals surface area contributed by atoms with Gasteiger partial charge in [-0.3, -0.25) is 4.68 Å². The van der Waals surface area contributed by atoms with E-state index in [9.17, 15) is 4.39 Å². The molecule has 26 heavy (non-hydrogen) atoms. The first-order valence-corrected chi connectivity index (χ1v) is 8.80. The minimum atomic E-state index is -0.295. The molecule has 1 unspecified atom stereocenters. The Morgan fingerprint density at radius 3 is 2.92 bits per heavy atom. The molecule has 4 aromatic rings. The van der Waals surface area contributed by atoms with Crippen molar-refractivity contribution in [2.45, 2.75) is 24.1 Å². The lowest BCUT2D eigenvalue weighted by atomic mass is 10.1. The van der Waals surface area contributed by atoms with Crippen molar-refractivity contribution >= 4 is 22.8 Å². The van der Waals surface area contributed by atoms with Crippen LogP contribution < -0.4 is 0 Å². The summed E-state index contributed by atoms with van der Waals surface area (Å²) in [7, 11) is 1.83. The Bertz CT molecular complexity index is 1090. The number of hydrogen-bond donors (Lipinski definition) is 0. The summed E-state index contributed by atoms with van der Waals surface area (Å²) in [4.78, 5) is 13.0. The third kappa shape index (κ3) is 2.94. The largest absolute Gasteiger partial charge is 0.338 e. The van der Waals surface area contributed by atoms with Gasteiger partial charge in [0.1, 0.15) is 17.2 Å². The molecule has 0 saturated carbocycles. The second kappa shape index (κ2) is 6.49. The number of thioether (sulfide) groups is 1. The lowest BCUT2D eigenvalue weighted by Crippen LogP contribution is -1.94. The Labute approximate surface area is 152 Å². The highest BCUT2D eigenvalue weighted by Gasteiger charge is 2.19. The van der Waals surface area contributed by atoms with E-state index in [1.54, 1.807) is 29.9 Å². The zero-order chi connectivity index (χ0) is 18.3. The van der Waals surface area contributed by atoms with Gasteiger partial charge in [-0.25, -0.2) is 14.4 Å². The van der Waals surface area contributed by atoms with Crippen LogP contribution in [0.3, 0.4) is 0 Å². The monoisotopic (exact) mass is 370 g/mol. The molecule has 0 amide bonds. The highest BCUT2D eigenvalue weighted by Crippen LogP contribution is 2.36. The minimum absolute atomic E-state index is 0.134. The maximum Gasteiger partial charge on any atom is 0.240 e. The molecule has 0 aliphatic carbocycles. The van der Waals surface area contributed by atoms with E-state index in [0.29, 0.717) is 22.8 Å². The molecule has 0 spiro atoms. The number of benzene rings is 1. The molecule has 3 heterocycles. The molecule has 0 aliphatic rings. The van der Waals surface area contributed by atoms with E-state index < -0.39 is 0 Å². The van der Waals surface area contributed by atoms with Crippen LogP contribution in [0.4, 0.5) is 4.39 Å². The third-order valence-corrected chi connectivity index (χ3v) is 5.10. The molecule has 0 saturated heterocycles. The molecule has 9 heteroatoms. The van der Waals surface area contributed by atoms with E-state index >= 15 is 0 Å². The van der Waals surface area contributed by atoms with E-state index in [1.807, 2.05) is 14.0 Å². The molecule has 3 aromatic heterocycles. The van der Waals surface area contributed by atoms with Crippen LogP contribution in [0.25, 0.3) is 22.4 Å². The summed E-state index contributed by atoms with van der Waals surface area (Å²) in [5.41, 5.74) is 1.92. The zero-order valence-corrected chi connectivity index (χ0v) is 15.2. The third-order valence-electron chi connectivity index (χ3n) is 4.00. The number of nitrogens with zero attached hydrogens (tertiary/aromatic N) is 6. The first-order chi connectivity index (χ1) is 12.5. The summed E-state index contributed by atoms with van der Waals surface area (Å²) >= 11 is 1.48. The predicted octanol–water partition coefficient (Wildman–Crippen LogP) is 3.71. The van der Waals surface area contributed by atoms with Gasteiger partial charge in [0, 0.05) is 12.6 Å². The fourth-order valence-corrected chi connectivity index (χ4v) is 3.41. The van der Waals surface area contributed by atoms with Crippen molar-refractivity contribution in [1.29, 1.82) is 0 Å². The molecule has 1 atom stereocenters. The van der Waals surface area contributed by atoms with Crippen molar-refractivity contribution in [3.63, 3.8) is 0 Å². The first kappa shape index (κ1) is 16.6. The van der Waals surface area contributed by atoms with Gasteiger partial charge in [-0.1, -0.05) is 29.1 Å². The molecule has 0 fully saturated rings. The van der Waals surface area contributed by atoms with Crippen LogP contribution in [0.15, 0.2) is 40.3 Å². The van der Waals surface area contributed by atoms with E-state index in [4.69, 9.17) is 4.52 Å². The van der Waals surface area contributed by atoms with Gasteiger partial charge in [-0.15, -0.1) is 0 Å². The van der Waals surface area contributed by atoms with Crippen LogP contribution in [0.1, 0.15) is 23.6 Å². The van der Waals surface area contributed by atoms with Crippen molar-refractivity contribution in [2.24, 2.45) is 7.05 Å². The van der Waals surface area contributed by atoms with Crippen LogP contribution in [-0.2, 0) is 7.05 Å². The summed E-state index contributed by atoms with van der Waals surface area (Å²) in [5, 5.41) is 9.70. The Kier molecular flexibility index (Phi) is 4.15. The van der Waals surface area contributed by atoms with Crippen molar-refractivity contribution in [2.75, 3.05) is 0 Å². The molecule has 7 nitrogen and oxygen atoms in total. The van der Waals surface area contributed by atoms with E-state index in [0.717, 1.165) is 16.1 Å². The van der Waals surface area contributed by atoms with Gasteiger partial charge in [0.25, 0.3) is 0 Å². The molecule has 1 aromatic carbocycles. The predicted molar refractivity (Wildman–Crippen MR) is 95.0 cm³/mol. The first-order valence-electron chi connectivity index (χ1n) is 7.92. The summed E-state index contributed by atoms with van der Waals surface area (Å²) < 4.78 is 20.8. The highest BCUT2D eigenvalue weighted by molar-refractivity contribution is 7.99. The average molecular weight is 370 g/mol. The summed E-state index contributed by atoms with van der Waals surface area (Å²) in [5.74, 6) is 0.512. The van der Waals surface area contributed by atoms with Gasteiger partial charge < -0.3 is 4.52 Å². The maximum atomic E-state index is 13.8. The number of halogens is 1. The van der Waals surface area contributed by atoms with Gasteiger partial charge in [0.15, 0.2) is 5.65 Å². The van der Waals surface area contributed by atoms with Gasteiger partial charge >= 0.3 is 0 Å². The number of fused-ring (bicyclic) bond motifs is 1. The molecule has 0 aliphatic heterocycles. The minimum Gasteiger partial charge on any atom is -0.338 e. The van der Waals surface area contributed by atoms with Crippen LogP contribution in [-0.4, -0.2) is 29.9 Å². The van der Waals surface area contributed by atoms with Crippen LogP contribution in [0.2, 0.25) is 0 Å². The molecule has 0 radical (unpaired) electrons. The number of rotatable bonds is 4. The molecule has 132 valence electrons. The molecular weight excluding hydrogens is 355 g/mol. The molecule has 4 rings (SSSR count). The summed E-state index contributed by atoms with van der Waals surface area (Å²) in [6, 6.07) is 4.87. The van der Waals surface area contributed by atoms with Gasteiger partial charge in [0.2, 0.25) is 11.7 Å². The van der Waals surface area contributed by atoms with Gasteiger partial charge in [-0.2, -0.15) is 10.1 Å². The topological polar surface area (TPSA) is 82.5 Å². The normalized spacial score (nSPS) is 12.6. The fourth-order valence-electron chi connectivity index (χ4n) is 2.50. The Hall–Kier alpha value is -2.81. The van der Waals surface area contributed by atoms with E-state index in [-0.39, 0.29) is 11.1 Å². The second-order valence-corrected chi connectivity index (χ2v) is 7.19.